The molecule has 0 saturated carbocycles. The van der Waals surface area contributed by atoms with Gasteiger partial charge in [-0.05, 0) is 18.2 Å². The van der Waals surface area contributed by atoms with Crippen LogP contribution in [0.5, 0.6) is 0 Å². The lowest BCUT2D eigenvalue weighted by atomic mass is 10.3. The van der Waals surface area contributed by atoms with E-state index in [1.807, 2.05) is 23.6 Å². The van der Waals surface area contributed by atoms with Gasteiger partial charge in [-0.25, -0.2) is 15.0 Å². The first-order valence-corrected chi connectivity index (χ1v) is 6.20. The average Bonchev–Trinajstić information content (AvgIpc) is 2.89. The summed E-state index contributed by atoms with van der Waals surface area (Å²) in [6, 6.07) is 7.56. The molecule has 3 aromatic heterocycles. The Balaban J connectivity index is 1.82. The number of thiazole rings is 1. The lowest BCUT2D eigenvalue weighted by molar-refractivity contribution is 1.16. The van der Waals surface area contributed by atoms with Crippen molar-refractivity contribution in [3.05, 3.63) is 48.4 Å². The van der Waals surface area contributed by atoms with E-state index >= 15 is 0 Å². The first kappa shape index (κ1) is 10.8. The highest BCUT2D eigenvalue weighted by Crippen LogP contribution is 2.24. The third kappa shape index (κ3) is 2.33. The summed E-state index contributed by atoms with van der Waals surface area (Å²) in [4.78, 5) is 16.7. The molecule has 0 saturated heterocycles. The number of hydrogen-bond acceptors (Lipinski definition) is 6. The van der Waals surface area contributed by atoms with Crippen LogP contribution in [-0.2, 0) is 0 Å². The molecular formula is C12H9N5S. The molecule has 0 aliphatic heterocycles. The van der Waals surface area contributed by atoms with Crippen LogP contribution in [0.25, 0.3) is 11.4 Å². The fourth-order valence-corrected chi connectivity index (χ4v) is 2.15. The second-order valence-corrected chi connectivity index (χ2v) is 4.33. The second kappa shape index (κ2) is 4.89. The van der Waals surface area contributed by atoms with E-state index < -0.39 is 0 Å². The molecule has 0 unspecified atom stereocenters. The smallest absolute Gasteiger partial charge is 0.188 e. The van der Waals surface area contributed by atoms with Crippen molar-refractivity contribution in [1.29, 1.82) is 0 Å². The topological polar surface area (TPSA) is 63.6 Å². The third-order valence-electron chi connectivity index (χ3n) is 2.25. The molecule has 3 aromatic rings. The monoisotopic (exact) mass is 255 g/mol. The summed E-state index contributed by atoms with van der Waals surface area (Å²) in [5.74, 6) is 0.729. The summed E-state index contributed by atoms with van der Waals surface area (Å²) >= 11 is 1.52. The van der Waals surface area contributed by atoms with Crippen LogP contribution in [0, 0.1) is 0 Å². The lowest BCUT2D eigenvalue weighted by Crippen LogP contribution is -1.92. The van der Waals surface area contributed by atoms with E-state index in [9.17, 15) is 0 Å². The zero-order chi connectivity index (χ0) is 12.2. The highest BCUT2D eigenvalue weighted by atomic mass is 32.1. The van der Waals surface area contributed by atoms with Gasteiger partial charge < -0.3 is 5.32 Å². The molecule has 0 spiro atoms. The van der Waals surface area contributed by atoms with Gasteiger partial charge in [0.2, 0.25) is 0 Å². The molecule has 0 bridgehead atoms. The molecule has 0 aliphatic rings. The van der Waals surface area contributed by atoms with Crippen LogP contribution in [0.3, 0.4) is 0 Å². The molecule has 18 heavy (non-hydrogen) atoms. The molecule has 3 heterocycles. The van der Waals surface area contributed by atoms with Gasteiger partial charge in [-0.3, -0.25) is 4.98 Å². The van der Waals surface area contributed by atoms with Crippen LogP contribution >= 0.6 is 11.3 Å². The van der Waals surface area contributed by atoms with Crippen molar-refractivity contribution >= 4 is 22.3 Å². The quantitative estimate of drug-likeness (QED) is 0.779. The molecule has 0 radical (unpaired) electrons. The average molecular weight is 255 g/mol. The molecule has 6 heteroatoms. The van der Waals surface area contributed by atoms with E-state index in [0.29, 0.717) is 0 Å². The molecule has 5 nitrogen and oxygen atoms in total. The number of nitrogens with one attached hydrogen (secondary N) is 1. The van der Waals surface area contributed by atoms with Crippen molar-refractivity contribution < 1.29 is 0 Å². The number of aromatic nitrogens is 4. The summed E-state index contributed by atoms with van der Waals surface area (Å²) in [7, 11) is 0. The number of hydrogen-bond donors (Lipinski definition) is 1. The Kier molecular flexibility index (Phi) is 2.93. The summed E-state index contributed by atoms with van der Waals surface area (Å²) in [5, 5.41) is 5.87. The van der Waals surface area contributed by atoms with Crippen molar-refractivity contribution in [3.63, 3.8) is 0 Å². The zero-order valence-corrected chi connectivity index (χ0v) is 10.1. The second-order valence-electron chi connectivity index (χ2n) is 3.47. The molecule has 0 amide bonds. The molecule has 0 aliphatic carbocycles. The lowest BCUT2D eigenvalue weighted by Gasteiger charge is -1.99. The molecule has 0 atom stereocenters. The first-order valence-electron chi connectivity index (χ1n) is 5.32. The van der Waals surface area contributed by atoms with Gasteiger partial charge in [0.15, 0.2) is 5.13 Å². The number of rotatable bonds is 3. The maximum Gasteiger partial charge on any atom is 0.188 e. The van der Waals surface area contributed by atoms with E-state index in [-0.39, 0.29) is 0 Å². The van der Waals surface area contributed by atoms with Crippen LogP contribution in [-0.4, -0.2) is 19.9 Å². The minimum Gasteiger partial charge on any atom is -0.316 e. The van der Waals surface area contributed by atoms with Gasteiger partial charge in [-0.2, -0.15) is 0 Å². The SMILES string of the molecule is c1ccc(-c2csc(Nc3ccncn3)n2)nc1. The molecular weight excluding hydrogens is 246 g/mol. The minimum absolute atomic E-state index is 0.729. The first-order chi connectivity index (χ1) is 8.92. The van der Waals surface area contributed by atoms with E-state index in [0.717, 1.165) is 22.3 Å². The maximum atomic E-state index is 4.46. The summed E-state index contributed by atoms with van der Waals surface area (Å²) in [6.45, 7) is 0. The highest BCUT2D eigenvalue weighted by Gasteiger charge is 2.05. The van der Waals surface area contributed by atoms with Gasteiger partial charge in [0.05, 0.1) is 5.69 Å². The van der Waals surface area contributed by atoms with Crippen LogP contribution in [0.1, 0.15) is 0 Å². The van der Waals surface area contributed by atoms with Gasteiger partial charge in [0.1, 0.15) is 17.8 Å². The Hall–Kier alpha value is -2.34. The van der Waals surface area contributed by atoms with E-state index in [1.165, 1.54) is 17.7 Å². The van der Waals surface area contributed by atoms with Gasteiger partial charge in [-0.15, -0.1) is 11.3 Å². The Morgan fingerprint density at radius 1 is 1.00 bits per heavy atom. The van der Waals surface area contributed by atoms with Crippen molar-refractivity contribution in [2.45, 2.75) is 0 Å². The Bertz CT molecular complexity index is 623. The van der Waals surface area contributed by atoms with E-state index in [4.69, 9.17) is 0 Å². The summed E-state index contributed by atoms with van der Waals surface area (Å²) in [5.41, 5.74) is 1.72. The van der Waals surface area contributed by atoms with E-state index in [1.54, 1.807) is 18.5 Å². The fraction of sp³-hybridized carbons (Fsp3) is 0. The Morgan fingerprint density at radius 3 is 2.78 bits per heavy atom. The van der Waals surface area contributed by atoms with Crippen LogP contribution in [0.2, 0.25) is 0 Å². The largest absolute Gasteiger partial charge is 0.316 e. The van der Waals surface area contributed by atoms with Crippen LogP contribution < -0.4 is 5.32 Å². The summed E-state index contributed by atoms with van der Waals surface area (Å²) in [6.07, 6.45) is 4.93. The van der Waals surface area contributed by atoms with Crippen LogP contribution in [0.15, 0.2) is 48.4 Å². The van der Waals surface area contributed by atoms with Gasteiger partial charge >= 0.3 is 0 Å². The normalized spacial score (nSPS) is 10.2. The molecule has 0 fully saturated rings. The minimum atomic E-state index is 0.729. The maximum absolute atomic E-state index is 4.46. The summed E-state index contributed by atoms with van der Waals surface area (Å²) < 4.78 is 0. The van der Waals surface area contributed by atoms with Gasteiger partial charge in [0.25, 0.3) is 0 Å². The predicted octanol–water partition coefficient (Wildman–Crippen LogP) is 2.74. The number of nitrogens with zero attached hydrogens (tertiary/aromatic N) is 4. The molecule has 0 aromatic carbocycles. The van der Waals surface area contributed by atoms with Crippen molar-refractivity contribution in [2.24, 2.45) is 0 Å². The highest BCUT2D eigenvalue weighted by molar-refractivity contribution is 7.14. The van der Waals surface area contributed by atoms with Gasteiger partial charge in [-0.1, -0.05) is 6.07 Å². The third-order valence-corrected chi connectivity index (χ3v) is 3.01. The molecule has 1 N–H and O–H groups in total. The fourth-order valence-electron chi connectivity index (χ4n) is 1.44. The van der Waals surface area contributed by atoms with Crippen molar-refractivity contribution in [3.8, 4) is 11.4 Å². The van der Waals surface area contributed by atoms with Gasteiger partial charge in [0, 0.05) is 17.8 Å². The molecule has 88 valence electrons. The number of pyridine rings is 1. The standard InChI is InChI=1S/C12H9N5S/c1-2-5-14-9(3-1)10-7-18-12(16-10)17-11-4-6-13-8-15-11/h1-8H,(H,13,15,16,17). The Morgan fingerprint density at radius 2 is 2.00 bits per heavy atom. The van der Waals surface area contributed by atoms with E-state index in [2.05, 4.69) is 25.3 Å². The van der Waals surface area contributed by atoms with Crippen molar-refractivity contribution in [1.82, 2.24) is 19.9 Å². The number of anilines is 2. The Labute approximate surface area is 108 Å². The predicted molar refractivity (Wildman–Crippen MR) is 70.7 cm³/mol. The molecule has 3 rings (SSSR count). The van der Waals surface area contributed by atoms with Crippen molar-refractivity contribution in [2.75, 3.05) is 5.32 Å². The van der Waals surface area contributed by atoms with Crippen LogP contribution in [0.4, 0.5) is 10.9 Å². The zero-order valence-electron chi connectivity index (χ0n) is 9.32.